The Bertz CT molecular complexity index is 2050. The number of amides is 2. The number of nitrogen functional groups attached to an aromatic ring is 2. The Kier molecular flexibility index (Phi) is 16.6. The standard InChI is InChI=1S/C19H23N5O3.C14H15N3O3S.C7H14N2O/c1-12(25)24-9-7-14(8-10-24)22-19-21-11-16(18(20)23-19)17(26)13-3-5-15(27-2)6-4-13;1-3-21(19)14-16-8-11(13(15)17-14)12(18)9-4-6-10(20-2)7-5-9;1-6(10)9-4-2-7(8)3-5-9/h3-6,11,14H,7-10H2,1-2H3,(H3,20,21,22,23);4-8H,3H2,1-2H3,(H2,15,16,17);7H,2-5,8H2,1H3. The van der Waals surface area contributed by atoms with E-state index in [4.69, 9.17) is 26.7 Å². The van der Waals surface area contributed by atoms with Crippen molar-refractivity contribution >= 4 is 51.8 Å². The highest BCUT2D eigenvalue weighted by molar-refractivity contribution is 7.84. The predicted molar refractivity (Wildman–Crippen MR) is 221 cm³/mol. The summed E-state index contributed by atoms with van der Waals surface area (Å²) >= 11 is 0. The number of aromatic nitrogens is 4. The number of carbonyl (C=O) groups excluding carboxylic acids is 4. The Morgan fingerprint density at radius 1 is 0.724 bits per heavy atom. The summed E-state index contributed by atoms with van der Waals surface area (Å²) in [5.41, 5.74) is 18.8. The van der Waals surface area contributed by atoms with E-state index in [2.05, 4.69) is 25.3 Å². The van der Waals surface area contributed by atoms with E-state index in [0.29, 0.717) is 53.5 Å². The van der Waals surface area contributed by atoms with E-state index in [1.165, 1.54) is 12.4 Å². The molecule has 0 spiro atoms. The van der Waals surface area contributed by atoms with Gasteiger partial charge in [0, 0.05) is 81.4 Å². The molecular weight excluding hydrogens is 765 g/mol. The zero-order chi connectivity index (χ0) is 42.4. The van der Waals surface area contributed by atoms with Gasteiger partial charge in [0.15, 0.2) is 11.6 Å². The highest BCUT2D eigenvalue weighted by Gasteiger charge is 2.23. The molecule has 2 aromatic heterocycles. The molecule has 0 aliphatic carbocycles. The van der Waals surface area contributed by atoms with Crippen LogP contribution in [0, 0.1) is 0 Å². The van der Waals surface area contributed by atoms with Gasteiger partial charge in [-0.25, -0.2) is 15.0 Å². The number of carbonyl (C=O) groups is 4. The number of nitrogens with two attached hydrogens (primary N) is 3. The average molecular weight is 817 g/mol. The third-order valence-corrected chi connectivity index (χ3v) is 10.7. The van der Waals surface area contributed by atoms with Crippen molar-refractivity contribution in [1.82, 2.24) is 29.7 Å². The number of likely N-dealkylation sites (tertiary alicyclic amines) is 2. The molecule has 1 unspecified atom stereocenters. The molecule has 2 aliphatic rings. The molecule has 17 nitrogen and oxygen atoms in total. The van der Waals surface area contributed by atoms with Gasteiger partial charge in [-0.1, -0.05) is 6.92 Å². The summed E-state index contributed by atoms with van der Waals surface area (Å²) in [6, 6.07) is 13.9. The Morgan fingerprint density at radius 3 is 1.55 bits per heavy atom. The Morgan fingerprint density at radius 2 is 1.16 bits per heavy atom. The lowest BCUT2D eigenvalue weighted by atomic mass is 10.0. The summed E-state index contributed by atoms with van der Waals surface area (Å²) in [5, 5.41) is 3.37. The Hall–Kier alpha value is -6.01. The van der Waals surface area contributed by atoms with Crippen molar-refractivity contribution in [2.24, 2.45) is 5.73 Å². The van der Waals surface area contributed by atoms with Crippen LogP contribution in [0.2, 0.25) is 0 Å². The zero-order valence-corrected chi connectivity index (χ0v) is 34.3. The number of ether oxygens (including phenoxy) is 2. The second kappa shape index (κ2) is 21.5. The highest BCUT2D eigenvalue weighted by Crippen LogP contribution is 2.21. The normalized spacial score (nSPS) is 14.8. The molecule has 2 fully saturated rings. The fraction of sp³-hybridized carbons (Fsp3) is 0.400. The fourth-order valence-electron chi connectivity index (χ4n) is 5.96. The average Bonchev–Trinajstić information content (AvgIpc) is 3.24. The maximum absolute atomic E-state index is 12.6. The first kappa shape index (κ1) is 44.7. The lowest BCUT2D eigenvalue weighted by Crippen LogP contribution is -2.41. The second-order valence-electron chi connectivity index (χ2n) is 13.5. The van der Waals surface area contributed by atoms with Crippen molar-refractivity contribution in [2.45, 2.75) is 63.7 Å². The van der Waals surface area contributed by atoms with Crippen LogP contribution in [0.25, 0.3) is 0 Å². The van der Waals surface area contributed by atoms with Crippen LogP contribution >= 0.6 is 0 Å². The van der Waals surface area contributed by atoms with Crippen LogP contribution in [0.4, 0.5) is 17.6 Å². The maximum Gasteiger partial charge on any atom is 0.224 e. The van der Waals surface area contributed by atoms with E-state index in [1.54, 1.807) is 83.5 Å². The molecule has 1 atom stereocenters. The van der Waals surface area contributed by atoms with Crippen molar-refractivity contribution in [3.63, 3.8) is 0 Å². The number of piperidine rings is 2. The van der Waals surface area contributed by atoms with Crippen LogP contribution in [-0.2, 0) is 20.4 Å². The first-order valence-corrected chi connectivity index (χ1v) is 20.1. The number of hydrogen-bond acceptors (Lipinski definition) is 15. The van der Waals surface area contributed by atoms with Gasteiger partial charge in [0.2, 0.25) is 22.9 Å². The summed E-state index contributed by atoms with van der Waals surface area (Å²) in [7, 11) is 1.82. The van der Waals surface area contributed by atoms with Crippen molar-refractivity contribution < 1.29 is 32.9 Å². The van der Waals surface area contributed by atoms with Crippen molar-refractivity contribution in [1.29, 1.82) is 0 Å². The van der Waals surface area contributed by atoms with Gasteiger partial charge in [-0.3, -0.25) is 23.4 Å². The second-order valence-corrected chi connectivity index (χ2v) is 15.1. The zero-order valence-electron chi connectivity index (χ0n) is 33.5. The van der Waals surface area contributed by atoms with Gasteiger partial charge in [0.25, 0.3) is 0 Å². The van der Waals surface area contributed by atoms with E-state index in [-0.39, 0.29) is 57.3 Å². The van der Waals surface area contributed by atoms with Gasteiger partial charge in [-0.15, -0.1) is 0 Å². The van der Waals surface area contributed by atoms with Crippen molar-refractivity contribution in [3.8, 4) is 11.5 Å². The number of ketones is 2. The van der Waals surface area contributed by atoms with Gasteiger partial charge in [-0.2, -0.15) is 4.98 Å². The molecule has 4 heterocycles. The molecule has 4 aromatic rings. The minimum atomic E-state index is -1.30. The van der Waals surface area contributed by atoms with E-state index in [1.807, 2.05) is 9.80 Å². The molecular formula is C40H52N10O7S. The minimum Gasteiger partial charge on any atom is -0.497 e. The van der Waals surface area contributed by atoms with Crippen LogP contribution in [0.1, 0.15) is 78.3 Å². The smallest absolute Gasteiger partial charge is 0.224 e. The molecule has 2 aromatic carbocycles. The Labute approximate surface area is 340 Å². The molecule has 2 aliphatic heterocycles. The maximum atomic E-state index is 12.6. The van der Waals surface area contributed by atoms with Crippen molar-refractivity contribution in [2.75, 3.05) is 62.9 Å². The van der Waals surface area contributed by atoms with E-state index in [0.717, 1.165) is 38.8 Å². The van der Waals surface area contributed by atoms with Gasteiger partial charge in [0.1, 0.15) is 23.1 Å². The SMILES string of the molecule is CC(=O)N1CCC(N)CC1.CCS(=O)c1ncc(C(=O)c2ccc(OC)cc2)c(N)n1.COc1ccc(C(=O)c2cnc(NC3CCN(C(C)=O)CC3)nc2N)cc1. The van der Waals surface area contributed by atoms with E-state index in [9.17, 15) is 23.4 Å². The monoisotopic (exact) mass is 816 g/mol. The van der Waals surface area contributed by atoms with Gasteiger partial charge in [0.05, 0.1) is 36.1 Å². The molecule has 2 saturated heterocycles. The number of hydrogen-bond donors (Lipinski definition) is 4. The molecule has 310 valence electrons. The number of methoxy groups -OCH3 is 2. The number of nitrogens with one attached hydrogen (secondary N) is 1. The van der Waals surface area contributed by atoms with Gasteiger partial charge in [-0.05, 0) is 74.2 Å². The molecule has 18 heteroatoms. The number of nitrogens with zero attached hydrogens (tertiary/aromatic N) is 6. The summed E-state index contributed by atoms with van der Waals surface area (Å²) < 4.78 is 21.8. The highest BCUT2D eigenvalue weighted by atomic mass is 32.2. The molecule has 58 heavy (non-hydrogen) atoms. The summed E-state index contributed by atoms with van der Waals surface area (Å²) in [6.45, 7) is 8.04. The first-order valence-electron chi connectivity index (χ1n) is 18.8. The van der Waals surface area contributed by atoms with Gasteiger partial charge >= 0.3 is 0 Å². The molecule has 6 rings (SSSR count). The quantitative estimate of drug-likeness (QED) is 0.133. The van der Waals surface area contributed by atoms with E-state index < -0.39 is 10.8 Å². The van der Waals surface area contributed by atoms with Crippen molar-refractivity contribution in [3.05, 3.63) is 83.2 Å². The minimum absolute atomic E-state index is 0.0302. The summed E-state index contributed by atoms with van der Waals surface area (Å²) in [4.78, 5) is 67.2. The van der Waals surface area contributed by atoms with Crippen LogP contribution < -0.4 is 32.0 Å². The third-order valence-electron chi connectivity index (χ3n) is 9.53. The molecule has 0 saturated carbocycles. The lowest BCUT2D eigenvalue weighted by Gasteiger charge is -2.31. The molecule has 2 amide bonds. The number of benzene rings is 2. The molecule has 7 N–H and O–H groups in total. The van der Waals surface area contributed by atoms with Crippen LogP contribution in [0.3, 0.4) is 0 Å². The van der Waals surface area contributed by atoms with Crippen LogP contribution in [0.5, 0.6) is 11.5 Å². The lowest BCUT2D eigenvalue weighted by molar-refractivity contribution is -0.130. The summed E-state index contributed by atoms with van der Waals surface area (Å²) in [6.07, 6.45) is 6.31. The topological polar surface area (TPSA) is 252 Å². The first-order chi connectivity index (χ1) is 27.7. The third kappa shape index (κ3) is 12.5. The fourth-order valence-corrected chi connectivity index (χ4v) is 6.59. The van der Waals surface area contributed by atoms with Gasteiger partial charge < -0.3 is 41.8 Å². The Balaban J connectivity index is 0.000000212. The number of rotatable bonds is 10. The largest absolute Gasteiger partial charge is 0.497 e. The predicted octanol–water partition coefficient (Wildman–Crippen LogP) is 3.10. The van der Waals surface area contributed by atoms with Crippen LogP contribution in [0.15, 0.2) is 66.1 Å². The number of anilines is 3. The van der Waals surface area contributed by atoms with E-state index >= 15 is 0 Å². The van der Waals surface area contributed by atoms with Crippen LogP contribution in [-0.4, -0.2) is 116 Å². The summed E-state index contributed by atoms with van der Waals surface area (Å²) in [5.74, 6) is 2.01. The molecule has 0 bridgehead atoms. The molecule has 0 radical (unpaired) electrons.